The number of piperazine rings is 1. The molecule has 1 aromatic carbocycles. The average molecular weight is 637 g/mol. The van der Waals surface area contributed by atoms with Crippen LogP contribution in [0.25, 0.3) is 0 Å². The lowest BCUT2D eigenvalue weighted by molar-refractivity contribution is -0.137. The van der Waals surface area contributed by atoms with Crippen molar-refractivity contribution in [1.82, 2.24) is 14.8 Å². The zero-order valence-corrected chi connectivity index (χ0v) is 26.4. The molecule has 0 spiro atoms. The Hall–Kier alpha value is -3.64. The zero-order valence-electron chi connectivity index (χ0n) is 25.6. The summed E-state index contributed by atoms with van der Waals surface area (Å²) in [4.78, 5) is 50.6. The van der Waals surface area contributed by atoms with Crippen LogP contribution in [0.3, 0.4) is 0 Å². The Morgan fingerprint density at radius 3 is 2.43 bits per heavy atom. The molecular weight excluding hydrogens is 597 g/mol. The van der Waals surface area contributed by atoms with E-state index >= 15 is 0 Å². The van der Waals surface area contributed by atoms with Gasteiger partial charge in [-0.3, -0.25) is 24.2 Å². The molecule has 1 atom stereocenters. The summed E-state index contributed by atoms with van der Waals surface area (Å²) >= 11 is 6.65. The van der Waals surface area contributed by atoms with Gasteiger partial charge in [0.25, 0.3) is 0 Å². The van der Waals surface area contributed by atoms with Gasteiger partial charge >= 0.3 is 6.18 Å². The molecular formula is C31H40ClF3N6O3. The van der Waals surface area contributed by atoms with Crippen molar-refractivity contribution >= 4 is 47.0 Å². The van der Waals surface area contributed by atoms with E-state index in [0.29, 0.717) is 48.9 Å². The molecule has 0 bridgehead atoms. The lowest BCUT2D eigenvalue weighted by Gasteiger charge is -2.35. The Kier molecular flexibility index (Phi) is 12.2. The van der Waals surface area contributed by atoms with E-state index in [2.05, 4.69) is 16.5 Å². The molecule has 1 aliphatic heterocycles. The Morgan fingerprint density at radius 1 is 1.16 bits per heavy atom. The average Bonchev–Trinajstić information content (AvgIpc) is 2.99. The summed E-state index contributed by atoms with van der Waals surface area (Å²) in [5, 5.41) is 0.427. The summed E-state index contributed by atoms with van der Waals surface area (Å²) in [6, 6.07) is 5.77. The molecule has 13 heteroatoms. The smallest absolute Gasteiger partial charge is 0.372 e. The Bertz CT molecular complexity index is 1330. The van der Waals surface area contributed by atoms with Crippen molar-refractivity contribution in [3.63, 3.8) is 0 Å². The molecule has 1 fully saturated rings. The number of pyridine rings is 1. The number of hydrogen-bond donors (Lipinski definition) is 0. The highest BCUT2D eigenvalue weighted by Gasteiger charge is 2.35. The van der Waals surface area contributed by atoms with Gasteiger partial charge in [0.15, 0.2) is 0 Å². The first kappa shape index (κ1) is 34.8. The van der Waals surface area contributed by atoms with Crippen molar-refractivity contribution in [1.29, 1.82) is 0 Å². The Labute approximate surface area is 261 Å². The number of hydrogen-bond acceptors (Lipinski definition) is 6. The van der Waals surface area contributed by atoms with Crippen LogP contribution in [0.5, 0.6) is 0 Å². The summed E-state index contributed by atoms with van der Waals surface area (Å²) in [7, 11) is 3.44. The number of carbonyl (C=O) groups is 3. The minimum atomic E-state index is -4.64. The van der Waals surface area contributed by atoms with Crippen LogP contribution in [0.4, 0.5) is 30.4 Å². The third-order valence-electron chi connectivity index (χ3n) is 7.69. The maximum absolute atomic E-state index is 13.9. The first-order chi connectivity index (χ1) is 20.8. The van der Waals surface area contributed by atoms with Crippen molar-refractivity contribution in [3.8, 4) is 0 Å². The number of amides is 3. The number of anilines is 3. The van der Waals surface area contributed by atoms with Gasteiger partial charge in [0.05, 0.1) is 22.0 Å². The molecule has 2 heterocycles. The van der Waals surface area contributed by atoms with Gasteiger partial charge in [-0.05, 0) is 56.7 Å². The van der Waals surface area contributed by atoms with Gasteiger partial charge in [-0.25, -0.2) is 4.98 Å². The number of alkyl halides is 3. The molecule has 0 saturated carbocycles. The number of rotatable bonds is 13. The molecule has 0 radical (unpaired) electrons. The highest BCUT2D eigenvalue weighted by Crippen LogP contribution is 2.37. The largest absolute Gasteiger partial charge is 0.416 e. The first-order valence-corrected chi connectivity index (χ1v) is 14.9. The van der Waals surface area contributed by atoms with Crippen LogP contribution in [-0.4, -0.2) is 92.4 Å². The number of likely N-dealkylation sites (N-methyl/N-ethyl adjacent to an activating group) is 1. The fourth-order valence-electron chi connectivity index (χ4n) is 5.35. The predicted octanol–water partition coefficient (Wildman–Crippen LogP) is 5.01. The molecule has 2 aromatic rings. The summed E-state index contributed by atoms with van der Waals surface area (Å²) in [6.07, 6.45) is -1.46. The number of halogens is 4. The lowest BCUT2D eigenvalue weighted by atomic mass is 10.1. The normalized spacial score (nSPS) is 14.6. The van der Waals surface area contributed by atoms with Crippen molar-refractivity contribution in [2.24, 2.45) is 0 Å². The number of benzene rings is 1. The third-order valence-corrected chi connectivity index (χ3v) is 8.00. The molecule has 1 aliphatic rings. The van der Waals surface area contributed by atoms with Crippen LogP contribution in [-0.2, 0) is 20.6 Å². The number of aromatic nitrogens is 1. The molecule has 0 aliphatic carbocycles. The third kappa shape index (κ3) is 8.50. The highest BCUT2D eigenvalue weighted by atomic mass is 35.5. The molecule has 240 valence electrons. The van der Waals surface area contributed by atoms with Crippen LogP contribution in [0.1, 0.15) is 37.4 Å². The van der Waals surface area contributed by atoms with Crippen LogP contribution < -0.4 is 14.7 Å². The summed E-state index contributed by atoms with van der Waals surface area (Å²) in [5.74, 6) is -0.793. The lowest BCUT2D eigenvalue weighted by Crippen LogP contribution is -2.48. The molecule has 9 nitrogen and oxygen atoms in total. The second-order valence-electron chi connectivity index (χ2n) is 10.8. The summed E-state index contributed by atoms with van der Waals surface area (Å²) in [6.45, 7) is 11.0. The van der Waals surface area contributed by atoms with E-state index in [1.54, 1.807) is 30.1 Å². The number of aryl methyl sites for hydroxylation is 1. The van der Waals surface area contributed by atoms with Crippen LogP contribution >= 0.6 is 11.6 Å². The quantitative estimate of drug-likeness (QED) is 0.227. The van der Waals surface area contributed by atoms with Gasteiger partial charge in [-0.2, -0.15) is 13.2 Å². The first-order valence-electron chi connectivity index (χ1n) is 14.5. The molecule has 3 amide bonds. The predicted molar refractivity (Wildman–Crippen MR) is 167 cm³/mol. The van der Waals surface area contributed by atoms with Gasteiger partial charge < -0.3 is 14.7 Å². The maximum atomic E-state index is 13.9. The molecule has 1 unspecified atom stereocenters. The highest BCUT2D eigenvalue weighted by molar-refractivity contribution is 6.34. The fraction of sp³-hybridized carbons (Fsp3) is 0.484. The van der Waals surface area contributed by atoms with Crippen LogP contribution in [0.2, 0.25) is 5.02 Å². The van der Waals surface area contributed by atoms with E-state index in [-0.39, 0.29) is 23.8 Å². The van der Waals surface area contributed by atoms with Gasteiger partial charge in [0.2, 0.25) is 18.2 Å². The van der Waals surface area contributed by atoms with E-state index in [1.807, 2.05) is 18.9 Å². The van der Waals surface area contributed by atoms with E-state index in [1.165, 1.54) is 17.9 Å². The number of carbonyl (C=O) groups excluding carboxylic acids is 3. The van der Waals surface area contributed by atoms with E-state index in [4.69, 9.17) is 11.6 Å². The van der Waals surface area contributed by atoms with Crippen LogP contribution in [0.15, 0.2) is 43.0 Å². The second-order valence-corrected chi connectivity index (χ2v) is 11.2. The second kappa shape index (κ2) is 15.4. The minimum Gasteiger partial charge on any atom is -0.372 e. The monoisotopic (exact) mass is 636 g/mol. The van der Waals surface area contributed by atoms with Gasteiger partial charge in [0.1, 0.15) is 11.9 Å². The van der Waals surface area contributed by atoms with E-state index < -0.39 is 23.7 Å². The molecule has 0 N–H and O–H groups in total. The Morgan fingerprint density at radius 2 is 1.84 bits per heavy atom. The SMILES string of the molecule is C=CC(=O)N1CCN(CCCN(C)c2c(Cl)cccc2N(C)C(=O)C(CCC)N(C=O)c2cc(C(F)(F)F)cc(C)n2)CC1. The van der Waals surface area contributed by atoms with Crippen molar-refractivity contribution in [2.75, 3.05) is 68.1 Å². The molecule has 3 rings (SSSR count). The zero-order chi connectivity index (χ0) is 32.6. The number of para-hydroxylation sites is 1. The summed E-state index contributed by atoms with van der Waals surface area (Å²) in [5.41, 5.74) is 0.242. The van der Waals surface area contributed by atoms with Crippen LogP contribution in [0, 0.1) is 6.92 Å². The van der Waals surface area contributed by atoms with Crippen molar-refractivity contribution in [3.05, 3.63) is 59.3 Å². The molecule has 1 saturated heterocycles. The van der Waals surface area contributed by atoms with E-state index in [9.17, 15) is 27.6 Å². The van der Waals surface area contributed by atoms with Crippen molar-refractivity contribution < 1.29 is 27.6 Å². The number of nitrogens with zero attached hydrogens (tertiary/aromatic N) is 6. The summed E-state index contributed by atoms with van der Waals surface area (Å²) < 4.78 is 40.6. The Balaban J connectivity index is 1.79. The van der Waals surface area contributed by atoms with Gasteiger partial charge in [0, 0.05) is 52.5 Å². The van der Waals surface area contributed by atoms with Gasteiger partial charge in [-0.1, -0.05) is 37.6 Å². The van der Waals surface area contributed by atoms with Crippen molar-refractivity contribution in [2.45, 2.75) is 45.3 Å². The minimum absolute atomic E-state index is 0.0621. The topological polar surface area (TPSA) is 80.3 Å². The fourth-order valence-corrected chi connectivity index (χ4v) is 5.66. The van der Waals surface area contributed by atoms with Gasteiger partial charge in [-0.15, -0.1) is 0 Å². The molecule has 1 aromatic heterocycles. The maximum Gasteiger partial charge on any atom is 0.416 e. The molecule has 44 heavy (non-hydrogen) atoms. The van der Waals surface area contributed by atoms with E-state index in [0.717, 1.165) is 43.1 Å². The standard InChI is InChI=1S/C31H40ClF3N6O3/c1-6-10-26(41(21-42)27-20-23(31(33,34)35)19-22(3)36-27)30(44)38(5)25-12-8-11-24(32)29(25)37(4)13-9-14-39-15-17-40(18-16-39)28(43)7-2/h7-8,11-12,19-21,26H,2,6,9-10,13-18H2,1,3-5H3.